The fraction of sp³-hybridized carbons (Fsp3) is 0.714. The van der Waals surface area contributed by atoms with E-state index >= 15 is 0 Å². The Kier molecular flexibility index (Phi) is 13.9. The van der Waals surface area contributed by atoms with E-state index in [4.69, 9.17) is 32.8 Å². The highest BCUT2D eigenvalue weighted by molar-refractivity contribution is 6.77. The van der Waals surface area contributed by atoms with Gasteiger partial charge in [0.2, 0.25) is 0 Å². The molecule has 0 unspecified atom stereocenters. The van der Waals surface area contributed by atoms with Gasteiger partial charge in [-0.1, -0.05) is 84.0 Å². The van der Waals surface area contributed by atoms with Crippen LogP contribution in [0.25, 0.3) is 0 Å². The monoisotopic (exact) mass is 726 g/mol. The van der Waals surface area contributed by atoms with Crippen LogP contribution >= 0.6 is 0 Å². The Morgan fingerprint density at radius 1 is 0.804 bits per heavy atom. The van der Waals surface area contributed by atoms with Gasteiger partial charge in [0.15, 0.2) is 8.32 Å². The molecule has 2 aromatic rings. The molecule has 1 N–H and O–H groups in total. The van der Waals surface area contributed by atoms with Gasteiger partial charge in [-0.2, -0.15) is 0 Å². The van der Waals surface area contributed by atoms with Crippen LogP contribution in [0.1, 0.15) is 105 Å². The summed E-state index contributed by atoms with van der Waals surface area (Å²) in [7, 11) is -0.338. The highest BCUT2D eigenvalue weighted by Gasteiger charge is 2.61. The van der Waals surface area contributed by atoms with E-state index in [0.717, 1.165) is 30.6 Å². The number of methoxy groups -OCH3 is 1. The van der Waals surface area contributed by atoms with E-state index in [0.29, 0.717) is 62.3 Å². The van der Waals surface area contributed by atoms with Crippen LogP contribution in [-0.4, -0.2) is 81.6 Å². The van der Waals surface area contributed by atoms with Crippen LogP contribution in [0.2, 0.25) is 16.6 Å². The zero-order chi connectivity index (χ0) is 36.8. The highest BCUT2D eigenvalue weighted by Crippen LogP contribution is 2.50. The lowest BCUT2D eigenvalue weighted by molar-refractivity contribution is -0.360. The van der Waals surface area contributed by atoms with Crippen LogP contribution in [-0.2, 0) is 41.3 Å². The predicted octanol–water partition coefficient (Wildman–Crippen LogP) is 8.77. The van der Waals surface area contributed by atoms with Crippen LogP contribution in [0.4, 0.5) is 0 Å². The van der Waals surface area contributed by atoms with Crippen LogP contribution in [0.15, 0.2) is 54.6 Å². The molecule has 0 aromatic heterocycles. The van der Waals surface area contributed by atoms with Crippen molar-refractivity contribution in [2.45, 2.75) is 172 Å². The summed E-state index contributed by atoms with van der Waals surface area (Å²) in [4.78, 5) is 0. The van der Waals surface area contributed by atoms with E-state index < -0.39 is 25.6 Å². The van der Waals surface area contributed by atoms with Crippen molar-refractivity contribution in [1.29, 1.82) is 0 Å². The fourth-order valence-electron chi connectivity index (χ4n) is 9.38. The Morgan fingerprint density at radius 2 is 1.47 bits per heavy atom. The Morgan fingerprint density at radius 3 is 2.12 bits per heavy atom. The van der Waals surface area contributed by atoms with Crippen LogP contribution in [0, 0.1) is 0 Å². The van der Waals surface area contributed by atoms with Crippen molar-refractivity contribution < 1.29 is 38.0 Å². The summed E-state index contributed by atoms with van der Waals surface area (Å²) in [5, 5.41) is 11.5. The number of aliphatic hydroxyl groups is 1. The molecular weight excluding hydrogens is 661 g/mol. The summed E-state index contributed by atoms with van der Waals surface area (Å²) >= 11 is 0. The second kappa shape index (κ2) is 17.5. The van der Waals surface area contributed by atoms with Crippen molar-refractivity contribution in [3.05, 3.63) is 65.7 Å². The minimum Gasteiger partial charge on any atom is -0.497 e. The number of hydrogen-bond acceptors (Lipinski definition) is 8. The minimum absolute atomic E-state index is 0.0109. The van der Waals surface area contributed by atoms with Crippen LogP contribution in [0.5, 0.6) is 5.75 Å². The predicted molar refractivity (Wildman–Crippen MR) is 204 cm³/mol. The molecule has 0 bridgehead atoms. The third-order valence-corrected chi connectivity index (χ3v) is 18.2. The van der Waals surface area contributed by atoms with Gasteiger partial charge in [-0.15, -0.1) is 0 Å². The second-order valence-electron chi connectivity index (χ2n) is 16.5. The van der Waals surface area contributed by atoms with E-state index in [1.165, 1.54) is 5.56 Å². The third kappa shape index (κ3) is 9.29. The van der Waals surface area contributed by atoms with Crippen molar-refractivity contribution in [1.82, 2.24) is 0 Å². The number of ether oxygens (including phenoxy) is 6. The quantitative estimate of drug-likeness (QED) is 0.128. The Bertz CT molecular complexity index is 1320. The number of aliphatic hydroxyl groups excluding tert-OH is 1. The summed E-state index contributed by atoms with van der Waals surface area (Å²) in [5.74, 6) is 0.822. The summed E-state index contributed by atoms with van der Waals surface area (Å²) in [6, 6.07) is 18.3. The first-order chi connectivity index (χ1) is 24.3. The lowest BCUT2D eigenvalue weighted by Gasteiger charge is -2.60. The second-order valence-corrected chi connectivity index (χ2v) is 22.0. The number of benzene rings is 2. The molecule has 8 nitrogen and oxygen atoms in total. The average Bonchev–Trinajstić information content (AvgIpc) is 3.08. The molecule has 2 aromatic carbocycles. The van der Waals surface area contributed by atoms with E-state index in [-0.39, 0.29) is 30.5 Å². The molecule has 3 aliphatic rings. The van der Waals surface area contributed by atoms with E-state index in [2.05, 4.69) is 67.5 Å². The van der Waals surface area contributed by atoms with Gasteiger partial charge in [0, 0.05) is 32.5 Å². The summed E-state index contributed by atoms with van der Waals surface area (Å²) in [5.41, 5.74) is 2.41. The topological polar surface area (TPSA) is 84.8 Å². The molecule has 5 rings (SSSR count). The normalized spacial score (nSPS) is 31.2. The van der Waals surface area contributed by atoms with Crippen LogP contribution in [0.3, 0.4) is 0 Å². The molecule has 3 heterocycles. The van der Waals surface area contributed by atoms with Gasteiger partial charge in [0.05, 0.1) is 62.5 Å². The molecule has 286 valence electrons. The maximum atomic E-state index is 11.5. The van der Waals surface area contributed by atoms with Crippen LogP contribution < -0.4 is 4.74 Å². The smallest absolute Gasteiger partial charge is 0.200 e. The summed E-state index contributed by atoms with van der Waals surface area (Å²) in [6.07, 6.45) is 2.78. The largest absolute Gasteiger partial charge is 0.497 e. The molecule has 0 saturated carbocycles. The first-order valence-corrected chi connectivity index (χ1v) is 21.6. The van der Waals surface area contributed by atoms with Crippen molar-refractivity contribution in [3.63, 3.8) is 0 Å². The van der Waals surface area contributed by atoms with Crippen molar-refractivity contribution >= 4 is 8.32 Å². The van der Waals surface area contributed by atoms with Gasteiger partial charge in [0.1, 0.15) is 11.4 Å². The molecule has 9 heteroatoms. The fourth-order valence-corrected chi connectivity index (χ4v) is 14.9. The highest BCUT2D eigenvalue weighted by atomic mass is 28.4. The summed E-state index contributed by atoms with van der Waals surface area (Å²) in [6.45, 7) is 20.4. The van der Waals surface area contributed by atoms with Crippen molar-refractivity contribution in [2.75, 3.05) is 20.3 Å². The molecule has 3 aliphatic heterocycles. The van der Waals surface area contributed by atoms with Gasteiger partial charge in [0.25, 0.3) is 0 Å². The number of hydrogen-bond donors (Lipinski definition) is 1. The molecule has 0 radical (unpaired) electrons. The van der Waals surface area contributed by atoms with Gasteiger partial charge in [-0.3, -0.25) is 0 Å². The lowest BCUT2D eigenvalue weighted by atomic mass is 9.73. The Labute approximate surface area is 309 Å². The number of rotatable bonds is 17. The average molecular weight is 727 g/mol. The van der Waals surface area contributed by atoms with Gasteiger partial charge < -0.3 is 38.0 Å². The molecule has 0 spiro atoms. The minimum atomic E-state index is -2.01. The van der Waals surface area contributed by atoms with E-state index in [1.807, 2.05) is 42.5 Å². The first-order valence-electron chi connectivity index (χ1n) is 19.5. The van der Waals surface area contributed by atoms with E-state index in [9.17, 15) is 5.11 Å². The zero-order valence-corrected chi connectivity index (χ0v) is 33.8. The molecule has 3 saturated heterocycles. The third-order valence-electron chi connectivity index (χ3n) is 12.1. The molecule has 51 heavy (non-hydrogen) atoms. The molecule has 3 fully saturated rings. The maximum Gasteiger partial charge on any atom is 0.200 e. The van der Waals surface area contributed by atoms with Crippen molar-refractivity contribution in [2.24, 2.45) is 0 Å². The maximum absolute atomic E-state index is 11.5. The molecule has 0 aliphatic carbocycles. The molecule has 8 atom stereocenters. The lowest BCUT2D eigenvalue weighted by Crippen LogP contribution is -2.71. The molecular formula is C42H66O8Si. The molecule has 0 amide bonds. The van der Waals surface area contributed by atoms with Gasteiger partial charge in [-0.05, 0) is 73.0 Å². The first kappa shape index (κ1) is 40.4. The van der Waals surface area contributed by atoms with E-state index in [1.54, 1.807) is 7.11 Å². The van der Waals surface area contributed by atoms with Crippen molar-refractivity contribution in [3.8, 4) is 5.75 Å². The van der Waals surface area contributed by atoms with Gasteiger partial charge in [-0.25, -0.2) is 0 Å². The zero-order valence-electron chi connectivity index (χ0n) is 32.8. The standard InChI is InChI=1S/C42H66O8Si/c1-29(2)51(30(3)4,31(5)6)47-23-21-37-36(43)26-41(7)38(49-37)25-40-42(8,50-41)39(46-28-33-17-19-34(44-9)20-18-33)24-35(48-40)16-13-22-45-27-32-14-11-10-12-15-32/h10-12,14-15,17-20,29-31,35-40,43H,13,16,21-28H2,1-9H3/t35-,36-,37+,38-,39+,40+,41+,42-/m0/s1. The summed E-state index contributed by atoms with van der Waals surface area (Å²) < 4.78 is 45.8. The SMILES string of the molecule is COc1ccc(CO[C@@H]2C[C@H](CCCOCc3ccccc3)O[C@@H]3C[C@@H]4O[C@H](CCO[Si](C(C)C)(C(C)C)C(C)C)[C@@H](O)C[C@@]4(C)O[C@@]23C)cc1. The number of fused-ring (bicyclic) bond motifs is 2. The Balaban J connectivity index is 1.25. The Hall–Kier alpha value is -1.82. The van der Waals surface area contributed by atoms with Gasteiger partial charge >= 0.3 is 0 Å².